The Morgan fingerprint density at radius 3 is 2.59 bits per heavy atom. The minimum atomic E-state index is -3.78. The lowest BCUT2D eigenvalue weighted by Crippen LogP contribution is -2.36. The van der Waals surface area contributed by atoms with Crippen LogP contribution in [0.4, 0.5) is 0 Å². The van der Waals surface area contributed by atoms with Gasteiger partial charge in [-0.25, -0.2) is 13.1 Å². The first-order valence-electron chi connectivity index (χ1n) is 11.2. The Labute approximate surface area is 194 Å². The number of amides is 1. The predicted octanol–water partition coefficient (Wildman–Crippen LogP) is 3.54. The molecule has 32 heavy (non-hydrogen) atoms. The number of ether oxygens (including phenoxy) is 1. The highest BCUT2D eigenvalue weighted by atomic mass is 32.2. The van der Waals surface area contributed by atoms with Crippen LogP contribution in [0.3, 0.4) is 0 Å². The highest BCUT2D eigenvalue weighted by Crippen LogP contribution is 2.29. The summed E-state index contributed by atoms with van der Waals surface area (Å²) in [6, 6.07) is 8.78. The maximum Gasteiger partial charge on any atom is 0.251 e. The smallest absolute Gasteiger partial charge is 0.251 e. The number of rotatable bonds is 9. The molecule has 1 aliphatic heterocycles. The first kappa shape index (κ1) is 23.2. The van der Waals surface area contributed by atoms with Gasteiger partial charge in [0.05, 0.1) is 13.2 Å². The zero-order chi connectivity index (χ0) is 22.6. The molecule has 2 fully saturated rings. The standard InChI is InChI=1S/C23H31N3O4S2/c1-30-20-11-10-17(15-22(20)32(28,29)25-18-7-2-3-8-18)23(27)24-16-19(21-9-6-14-31-21)26-12-4-5-13-26/h6,9-11,14-15,18-19,25H,2-5,7-8,12-13,16H2,1H3,(H,24,27). The number of hydrogen-bond donors (Lipinski definition) is 2. The topological polar surface area (TPSA) is 87.7 Å². The molecule has 9 heteroatoms. The molecule has 2 aromatic rings. The van der Waals surface area contributed by atoms with Gasteiger partial charge in [0.15, 0.2) is 0 Å². The zero-order valence-corrected chi connectivity index (χ0v) is 20.0. The van der Waals surface area contributed by atoms with E-state index < -0.39 is 10.0 Å². The summed E-state index contributed by atoms with van der Waals surface area (Å²) in [6.45, 7) is 2.53. The van der Waals surface area contributed by atoms with E-state index in [2.05, 4.69) is 26.4 Å². The maximum atomic E-state index is 13.0. The van der Waals surface area contributed by atoms with Crippen LogP contribution in [0.2, 0.25) is 0 Å². The Morgan fingerprint density at radius 2 is 1.94 bits per heavy atom. The summed E-state index contributed by atoms with van der Waals surface area (Å²) in [7, 11) is -2.35. The predicted molar refractivity (Wildman–Crippen MR) is 126 cm³/mol. The molecule has 0 spiro atoms. The SMILES string of the molecule is COc1ccc(C(=O)NCC(c2cccs2)N2CCCC2)cc1S(=O)(=O)NC1CCCC1. The first-order valence-corrected chi connectivity index (χ1v) is 13.6. The van der Waals surface area contributed by atoms with E-state index in [1.807, 2.05) is 6.07 Å². The van der Waals surface area contributed by atoms with Gasteiger partial charge in [-0.1, -0.05) is 18.9 Å². The van der Waals surface area contributed by atoms with Gasteiger partial charge in [-0.15, -0.1) is 11.3 Å². The fourth-order valence-corrected chi connectivity index (χ4v) is 6.95. The third-order valence-electron chi connectivity index (χ3n) is 6.30. The van der Waals surface area contributed by atoms with Gasteiger partial charge >= 0.3 is 0 Å². The number of benzene rings is 1. The van der Waals surface area contributed by atoms with Crippen molar-refractivity contribution in [1.29, 1.82) is 0 Å². The molecule has 1 aliphatic carbocycles. The lowest BCUT2D eigenvalue weighted by Gasteiger charge is -2.27. The summed E-state index contributed by atoms with van der Waals surface area (Å²) in [5.74, 6) is -0.0497. The third-order valence-corrected chi connectivity index (χ3v) is 8.82. The van der Waals surface area contributed by atoms with Crippen LogP contribution in [0.15, 0.2) is 40.6 Å². The van der Waals surface area contributed by atoms with Gasteiger partial charge in [0.2, 0.25) is 10.0 Å². The highest BCUT2D eigenvalue weighted by Gasteiger charge is 2.28. The molecular weight excluding hydrogens is 446 g/mol. The molecule has 4 rings (SSSR count). The summed E-state index contributed by atoms with van der Waals surface area (Å²) in [4.78, 5) is 16.6. The third kappa shape index (κ3) is 5.33. The van der Waals surface area contributed by atoms with E-state index in [4.69, 9.17) is 4.74 Å². The summed E-state index contributed by atoms with van der Waals surface area (Å²) in [5, 5.41) is 5.08. The molecule has 0 radical (unpaired) electrons. The van der Waals surface area contributed by atoms with E-state index in [0.29, 0.717) is 12.1 Å². The molecule has 7 nitrogen and oxygen atoms in total. The van der Waals surface area contributed by atoms with Crippen molar-refractivity contribution < 1.29 is 17.9 Å². The molecule has 1 amide bonds. The molecule has 1 aromatic heterocycles. The molecule has 0 bridgehead atoms. The van der Waals surface area contributed by atoms with Gasteiger partial charge in [0, 0.05) is 23.0 Å². The Balaban J connectivity index is 1.50. The Hall–Kier alpha value is -1.94. The fourth-order valence-electron chi connectivity index (χ4n) is 4.59. The van der Waals surface area contributed by atoms with E-state index in [-0.39, 0.29) is 28.6 Å². The van der Waals surface area contributed by atoms with Crippen molar-refractivity contribution in [2.45, 2.75) is 55.5 Å². The number of hydrogen-bond acceptors (Lipinski definition) is 6. The van der Waals surface area contributed by atoms with Crippen LogP contribution in [0.1, 0.15) is 59.8 Å². The summed E-state index contributed by atoms with van der Waals surface area (Å²) < 4.78 is 34.1. The summed E-state index contributed by atoms with van der Waals surface area (Å²) >= 11 is 1.69. The maximum absolute atomic E-state index is 13.0. The lowest BCUT2D eigenvalue weighted by atomic mass is 10.1. The second-order valence-electron chi connectivity index (χ2n) is 8.45. The quantitative estimate of drug-likeness (QED) is 0.577. The number of methoxy groups -OCH3 is 1. The van der Waals surface area contributed by atoms with Gasteiger partial charge in [-0.3, -0.25) is 9.69 Å². The van der Waals surface area contributed by atoms with Gasteiger partial charge in [-0.2, -0.15) is 0 Å². The number of carbonyl (C=O) groups excluding carboxylic acids is 1. The second-order valence-corrected chi connectivity index (χ2v) is 11.1. The molecule has 1 saturated heterocycles. The number of likely N-dealkylation sites (tertiary alicyclic amines) is 1. The van der Waals surface area contributed by atoms with Crippen molar-refractivity contribution in [1.82, 2.24) is 14.9 Å². The van der Waals surface area contributed by atoms with Crippen LogP contribution >= 0.6 is 11.3 Å². The molecule has 1 atom stereocenters. The number of nitrogens with zero attached hydrogens (tertiary/aromatic N) is 1. The normalized spacial score (nSPS) is 18.7. The number of nitrogens with one attached hydrogen (secondary N) is 2. The molecule has 174 valence electrons. The van der Waals surface area contributed by atoms with Gasteiger partial charge < -0.3 is 10.1 Å². The van der Waals surface area contributed by atoms with Gasteiger partial charge in [0.25, 0.3) is 5.91 Å². The fraction of sp³-hybridized carbons (Fsp3) is 0.522. The average Bonchev–Trinajstić information content (AvgIpc) is 3.57. The zero-order valence-electron chi connectivity index (χ0n) is 18.4. The van der Waals surface area contributed by atoms with Crippen LogP contribution in [0, 0.1) is 0 Å². The first-order chi connectivity index (χ1) is 15.5. The number of thiophene rings is 1. The lowest BCUT2D eigenvalue weighted by molar-refractivity contribution is 0.0938. The van der Waals surface area contributed by atoms with E-state index in [9.17, 15) is 13.2 Å². The van der Waals surface area contributed by atoms with Gasteiger partial charge in [-0.05, 0) is 68.4 Å². The molecular formula is C23H31N3O4S2. The van der Waals surface area contributed by atoms with Crippen molar-refractivity contribution >= 4 is 27.3 Å². The van der Waals surface area contributed by atoms with E-state index in [1.54, 1.807) is 23.5 Å². The summed E-state index contributed by atoms with van der Waals surface area (Å²) in [5.41, 5.74) is 0.309. The number of sulfonamides is 1. The van der Waals surface area contributed by atoms with Crippen molar-refractivity contribution in [3.8, 4) is 5.75 Å². The minimum absolute atomic E-state index is 0.00824. The average molecular weight is 478 g/mol. The van der Waals surface area contributed by atoms with Crippen molar-refractivity contribution in [2.24, 2.45) is 0 Å². The molecule has 1 saturated carbocycles. The minimum Gasteiger partial charge on any atom is -0.495 e. The van der Waals surface area contributed by atoms with Crippen LogP contribution in [0.5, 0.6) is 5.75 Å². The van der Waals surface area contributed by atoms with Crippen LogP contribution in [-0.2, 0) is 10.0 Å². The molecule has 1 unspecified atom stereocenters. The van der Waals surface area contributed by atoms with E-state index in [1.165, 1.54) is 30.9 Å². The monoisotopic (exact) mass is 477 g/mol. The molecule has 1 aromatic carbocycles. The molecule has 2 N–H and O–H groups in total. The van der Waals surface area contributed by atoms with Crippen molar-refractivity contribution in [3.05, 3.63) is 46.2 Å². The van der Waals surface area contributed by atoms with Crippen molar-refractivity contribution in [2.75, 3.05) is 26.7 Å². The summed E-state index contributed by atoms with van der Waals surface area (Å²) in [6.07, 6.45) is 6.06. The van der Waals surface area contributed by atoms with Crippen molar-refractivity contribution in [3.63, 3.8) is 0 Å². The number of carbonyl (C=O) groups is 1. The highest BCUT2D eigenvalue weighted by molar-refractivity contribution is 7.89. The van der Waals surface area contributed by atoms with Crippen LogP contribution in [0.25, 0.3) is 0 Å². The molecule has 2 heterocycles. The molecule has 2 aliphatic rings. The van der Waals surface area contributed by atoms with E-state index >= 15 is 0 Å². The Bertz CT molecular complexity index is 1010. The van der Waals surface area contributed by atoms with E-state index in [0.717, 1.165) is 38.8 Å². The van der Waals surface area contributed by atoms with Crippen LogP contribution in [-0.4, -0.2) is 52.0 Å². The Kier molecular flexibility index (Phi) is 7.50. The van der Waals surface area contributed by atoms with Crippen LogP contribution < -0.4 is 14.8 Å². The largest absolute Gasteiger partial charge is 0.495 e. The Morgan fingerprint density at radius 1 is 1.19 bits per heavy atom. The second kappa shape index (κ2) is 10.3. The van der Waals surface area contributed by atoms with Gasteiger partial charge in [0.1, 0.15) is 10.6 Å².